The Bertz CT molecular complexity index is 1020. The number of ether oxygens (including phenoxy) is 3. The van der Waals surface area contributed by atoms with Gasteiger partial charge in [0.05, 0.1) is 26.9 Å². The van der Waals surface area contributed by atoms with E-state index in [4.69, 9.17) is 19.9 Å². The highest BCUT2D eigenvalue weighted by molar-refractivity contribution is 7.18. The first-order valence-corrected chi connectivity index (χ1v) is 9.23. The van der Waals surface area contributed by atoms with Crippen LogP contribution in [0.25, 0.3) is 0 Å². The summed E-state index contributed by atoms with van der Waals surface area (Å²) in [4.78, 5) is 17.7. The van der Waals surface area contributed by atoms with Crippen LogP contribution in [0, 0.1) is 6.92 Å². The zero-order chi connectivity index (χ0) is 20.3. The van der Waals surface area contributed by atoms with Crippen LogP contribution in [0.2, 0.25) is 0 Å². The Morgan fingerprint density at radius 3 is 2.46 bits per heavy atom. The van der Waals surface area contributed by atoms with Crippen molar-refractivity contribution in [2.75, 3.05) is 32.4 Å². The maximum absolute atomic E-state index is 13.1. The van der Waals surface area contributed by atoms with Crippen molar-refractivity contribution in [3.63, 3.8) is 0 Å². The molecule has 146 valence electrons. The zero-order valence-electron chi connectivity index (χ0n) is 16.0. The van der Waals surface area contributed by atoms with E-state index in [9.17, 15) is 4.79 Å². The van der Waals surface area contributed by atoms with Gasteiger partial charge in [-0.05, 0) is 36.8 Å². The Kier molecular flexibility index (Phi) is 5.70. The number of nitrogens with one attached hydrogen (secondary N) is 1. The van der Waals surface area contributed by atoms with Gasteiger partial charge in [-0.2, -0.15) is 0 Å². The number of aryl methyl sites for hydroxylation is 1. The second-order valence-electron chi connectivity index (χ2n) is 5.94. The minimum absolute atomic E-state index is 0.155. The number of nitrogens with two attached hydrogens (primary N) is 1. The number of carbonyl (C=O) groups excluding carboxylic acids is 1. The third kappa shape index (κ3) is 3.72. The van der Waals surface area contributed by atoms with Crippen molar-refractivity contribution in [1.29, 1.82) is 0 Å². The van der Waals surface area contributed by atoms with Crippen LogP contribution in [0.4, 0.5) is 16.6 Å². The summed E-state index contributed by atoms with van der Waals surface area (Å²) < 4.78 is 16.0. The molecule has 3 N–H and O–H groups in total. The lowest BCUT2D eigenvalue weighted by atomic mass is 10.1. The van der Waals surface area contributed by atoms with E-state index in [0.717, 1.165) is 11.3 Å². The van der Waals surface area contributed by atoms with Crippen molar-refractivity contribution in [2.45, 2.75) is 6.92 Å². The van der Waals surface area contributed by atoms with Crippen LogP contribution in [0.1, 0.15) is 20.8 Å². The van der Waals surface area contributed by atoms with E-state index in [1.54, 1.807) is 12.1 Å². The number of carbonyl (C=O) groups is 1. The first kappa shape index (κ1) is 19.5. The monoisotopic (exact) mass is 399 g/mol. The molecule has 1 aromatic heterocycles. The second-order valence-corrected chi connectivity index (χ2v) is 6.94. The van der Waals surface area contributed by atoms with Crippen molar-refractivity contribution in [1.82, 2.24) is 4.98 Å². The van der Waals surface area contributed by atoms with E-state index in [-0.39, 0.29) is 17.4 Å². The Labute approximate surface area is 167 Å². The van der Waals surface area contributed by atoms with Gasteiger partial charge >= 0.3 is 0 Å². The molecule has 7 nitrogen and oxygen atoms in total. The fourth-order valence-electron chi connectivity index (χ4n) is 2.80. The molecule has 0 radical (unpaired) electrons. The number of hydrogen-bond acceptors (Lipinski definition) is 8. The number of benzene rings is 2. The fraction of sp³-hybridized carbons (Fsp3) is 0.200. The molecule has 3 aromatic rings. The summed E-state index contributed by atoms with van der Waals surface area (Å²) in [6.07, 6.45) is 0. The molecular weight excluding hydrogens is 378 g/mol. The van der Waals surface area contributed by atoms with Crippen molar-refractivity contribution in [2.24, 2.45) is 0 Å². The maximum atomic E-state index is 13.1. The standard InChI is InChI=1S/C20H21N3O4S/c1-11-6-5-7-12(10-11)22-20-23-19(21)18(28-20)15(24)13-8-9-14(25-2)17(27-4)16(13)26-3/h5-10H,21H2,1-4H3,(H,22,23). The molecule has 0 amide bonds. The van der Waals surface area contributed by atoms with Gasteiger partial charge in [-0.1, -0.05) is 23.5 Å². The Hall–Kier alpha value is -3.26. The molecule has 0 unspecified atom stereocenters. The van der Waals surface area contributed by atoms with Crippen molar-refractivity contribution in [3.8, 4) is 17.2 Å². The molecule has 0 aliphatic heterocycles. The van der Waals surface area contributed by atoms with Crippen LogP contribution < -0.4 is 25.3 Å². The number of nitrogen functional groups attached to an aromatic ring is 1. The molecule has 0 bridgehead atoms. The molecule has 3 rings (SSSR count). The first-order valence-electron chi connectivity index (χ1n) is 8.42. The Morgan fingerprint density at radius 2 is 1.82 bits per heavy atom. The van der Waals surface area contributed by atoms with Gasteiger partial charge in [0, 0.05) is 5.69 Å². The molecule has 0 saturated carbocycles. The highest BCUT2D eigenvalue weighted by atomic mass is 32.1. The van der Waals surface area contributed by atoms with Crippen LogP contribution in [-0.4, -0.2) is 32.1 Å². The number of methoxy groups -OCH3 is 3. The molecule has 8 heteroatoms. The number of ketones is 1. The fourth-order valence-corrected chi connectivity index (χ4v) is 3.66. The highest BCUT2D eigenvalue weighted by Crippen LogP contribution is 2.41. The molecular formula is C20H21N3O4S. The predicted molar refractivity (Wildman–Crippen MR) is 111 cm³/mol. The molecule has 0 fully saturated rings. The van der Waals surface area contributed by atoms with E-state index in [0.29, 0.717) is 27.1 Å². The van der Waals surface area contributed by atoms with Crippen LogP contribution >= 0.6 is 11.3 Å². The summed E-state index contributed by atoms with van der Waals surface area (Å²) in [7, 11) is 4.47. The molecule has 1 heterocycles. The SMILES string of the molecule is COc1ccc(C(=O)c2sc(Nc3cccc(C)c3)nc2N)c(OC)c1OC. The third-order valence-corrected chi connectivity index (χ3v) is 5.06. The molecule has 0 spiro atoms. The smallest absolute Gasteiger partial charge is 0.210 e. The third-order valence-electron chi connectivity index (χ3n) is 4.08. The molecule has 28 heavy (non-hydrogen) atoms. The van der Waals surface area contributed by atoms with Gasteiger partial charge < -0.3 is 25.3 Å². The van der Waals surface area contributed by atoms with Crippen LogP contribution in [0.15, 0.2) is 36.4 Å². The number of rotatable bonds is 7. The summed E-state index contributed by atoms with van der Waals surface area (Å²) in [6, 6.07) is 11.1. The lowest BCUT2D eigenvalue weighted by Crippen LogP contribution is -2.06. The summed E-state index contributed by atoms with van der Waals surface area (Å²) >= 11 is 1.18. The minimum atomic E-state index is -0.301. The molecule has 0 aliphatic carbocycles. The highest BCUT2D eigenvalue weighted by Gasteiger charge is 2.25. The van der Waals surface area contributed by atoms with Crippen molar-refractivity contribution >= 4 is 33.8 Å². The molecule has 0 saturated heterocycles. The van der Waals surface area contributed by atoms with Crippen LogP contribution in [-0.2, 0) is 0 Å². The average Bonchev–Trinajstić information content (AvgIpc) is 3.05. The van der Waals surface area contributed by atoms with E-state index in [2.05, 4.69) is 10.3 Å². The first-order chi connectivity index (χ1) is 13.5. The van der Waals surface area contributed by atoms with Gasteiger partial charge in [-0.25, -0.2) is 4.98 Å². The number of aromatic nitrogens is 1. The average molecular weight is 399 g/mol. The quantitative estimate of drug-likeness (QED) is 0.579. The molecule has 0 aliphatic rings. The van der Waals surface area contributed by atoms with E-state index in [1.807, 2.05) is 31.2 Å². The van der Waals surface area contributed by atoms with E-state index >= 15 is 0 Å². The van der Waals surface area contributed by atoms with Crippen LogP contribution in [0.3, 0.4) is 0 Å². The molecule has 0 atom stereocenters. The Morgan fingerprint density at radius 1 is 1.07 bits per heavy atom. The van der Waals surface area contributed by atoms with Crippen LogP contribution in [0.5, 0.6) is 17.2 Å². The summed E-state index contributed by atoms with van der Waals surface area (Å²) in [5, 5.41) is 3.71. The topological polar surface area (TPSA) is 95.7 Å². The summed E-state index contributed by atoms with van der Waals surface area (Å²) in [6.45, 7) is 2.00. The lowest BCUT2D eigenvalue weighted by molar-refractivity contribution is 0.103. The minimum Gasteiger partial charge on any atom is -0.493 e. The van der Waals surface area contributed by atoms with Crippen molar-refractivity contribution < 1.29 is 19.0 Å². The second kappa shape index (κ2) is 8.18. The van der Waals surface area contributed by atoms with E-state index in [1.165, 1.54) is 32.7 Å². The number of nitrogens with zero attached hydrogens (tertiary/aromatic N) is 1. The van der Waals surface area contributed by atoms with Gasteiger partial charge in [0.15, 0.2) is 16.6 Å². The number of thiazole rings is 1. The Balaban J connectivity index is 1.96. The number of anilines is 3. The van der Waals surface area contributed by atoms with Gasteiger partial charge in [-0.15, -0.1) is 0 Å². The van der Waals surface area contributed by atoms with Gasteiger partial charge in [0.25, 0.3) is 0 Å². The van der Waals surface area contributed by atoms with Gasteiger partial charge in [0.1, 0.15) is 10.7 Å². The van der Waals surface area contributed by atoms with Crippen molar-refractivity contribution in [3.05, 3.63) is 52.4 Å². The number of hydrogen-bond donors (Lipinski definition) is 2. The maximum Gasteiger partial charge on any atom is 0.210 e. The zero-order valence-corrected chi connectivity index (χ0v) is 16.8. The largest absolute Gasteiger partial charge is 0.493 e. The normalized spacial score (nSPS) is 10.4. The molecule has 2 aromatic carbocycles. The summed E-state index contributed by atoms with van der Waals surface area (Å²) in [5.41, 5.74) is 8.32. The van der Waals surface area contributed by atoms with Gasteiger partial charge in [-0.3, -0.25) is 4.79 Å². The van der Waals surface area contributed by atoms with E-state index < -0.39 is 0 Å². The van der Waals surface area contributed by atoms with Gasteiger partial charge in [0.2, 0.25) is 11.5 Å². The summed E-state index contributed by atoms with van der Waals surface area (Å²) in [5.74, 6) is 0.951. The lowest BCUT2D eigenvalue weighted by Gasteiger charge is -2.14. The predicted octanol–water partition coefficient (Wildman–Crippen LogP) is 4.03.